The minimum atomic E-state index is -7.15. The Hall–Kier alpha value is 0.430. The average molecular weight is 527 g/mol. The highest BCUT2D eigenvalue weighted by molar-refractivity contribution is 14.1. The Morgan fingerprint density at radius 1 is 0.783 bits per heavy atom. The fourth-order valence-corrected chi connectivity index (χ4v) is 1.54. The van der Waals surface area contributed by atoms with Crippen LogP contribution in [0, 0.1) is 0 Å². The number of alkyl halides is 15. The summed E-state index contributed by atoms with van der Waals surface area (Å²) in [5, 5.41) is -11.4. The van der Waals surface area contributed by atoms with E-state index in [-0.39, 0.29) is 0 Å². The zero-order valence-electron chi connectivity index (χ0n) is 9.66. The Morgan fingerprint density at radius 3 is 1.35 bits per heavy atom. The number of ether oxygens (including phenoxy) is 1. The molecule has 3 unspecified atom stereocenters. The van der Waals surface area contributed by atoms with E-state index in [0.29, 0.717) is 0 Å². The van der Waals surface area contributed by atoms with Crippen LogP contribution in [0.3, 0.4) is 0 Å². The molecule has 140 valence electrons. The molecule has 16 heteroatoms. The van der Waals surface area contributed by atoms with Gasteiger partial charge in [0.2, 0.25) is 6.17 Å². The predicted octanol–water partition coefficient (Wildman–Crippen LogP) is 5.93. The fraction of sp³-hybridized carbons (Fsp3) is 1.00. The Bertz CT molecular complexity index is 429. The van der Waals surface area contributed by atoms with Crippen molar-refractivity contribution in [2.45, 2.75) is 38.8 Å². The van der Waals surface area contributed by atoms with Crippen molar-refractivity contribution in [3.63, 3.8) is 0 Å². The van der Waals surface area contributed by atoms with E-state index in [9.17, 15) is 52.7 Å². The standard InChI is InChI=1S/C7HCl2F12IO/c8-4(14,15)5(9,16)23-7(20,21)2(11,6(17,18)19)1(10)3(12,13)22/h1H. The second-order valence-corrected chi connectivity index (χ2v) is 6.15. The largest absolute Gasteiger partial charge is 0.434 e. The molecule has 0 saturated heterocycles. The van der Waals surface area contributed by atoms with Gasteiger partial charge in [0.15, 0.2) is 0 Å². The lowest BCUT2D eigenvalue weighted by Crippen LogP contribution is -2.67. The summed E-state index contributed by atoms with van der Waals surface area (Å²) in [5.74, 6) is 0. The predicted molar refractivity (Wildman–Crippen MR) is 60.3 cm³/mol. The van der Waals surface area contributed by atoms with Gasteiger partial charge in [-0.1, -0.05) is 0 Å². The highest BCUT2D eigenvalue weighted by Crippen LogP contribution is 2.56. The van der Waals surface area contributed by atoms with Gasteiger partial charge >= 0.3 is 32.6 Å². The molecule has 23 heavy (non-hydrogen) atoms. The average Bonchev–Trinajstić information content (AvgIpc) is 2.20. The van der Waals surface area contributed by atoms with Crippen LogP contribution in [0.2, 0.25) is 0 Å². The quantitative estimate of drug-likeness (QED) is 0.237. The van der Waals surface area contributed by atoms with Crippen molar-refractivity contribution in [3.05, 3.63) is 0 Å². The summed E-state index contributed by atoms with van der Waals surface area (Å²) >= 11 is 7.32. The van der Waals surface area contributed by atoms with Gasteiger partial charge in [-0.25, -0.2) is 8.78 Å². The van der Waals surface area contributed by atoms with Crippen molar-refractivity contribution in [2.24, 2.45) is 0 Å². The first-order valence-corrected chi connectivity index (χ1v) is 6.43. The molecule has 0 aliphatic carbocycles. The lowest BCUT2D eigenvalue weighted by Gasteiger charge is -2.39. The van der Waals surface area contributed by atoms with E-state index in [0.717, 1.165) is 0 Å². The minimum Gasteiger partial charge on any atom is -0.260 e. The molecule has 0 spiro atoms. The molecule has 0 aliphatic rings. The van der Waals surface area contributed by atoms with Gasteiger partial charge in [0.1, 0.15) is 0 Å². The molecule has 0 aliphatic heterocycles. The lowest BCUT2D eigenvalue weighted by atomic mass is 9.97. The van der Waals surface area contributed by atoms with Gasteiger partial charge in [0.25, 0.3) is 0 Å². The molecule has 0 saturated carbocycles. The first-order chi connectivity index (χ1) is 9.61. The van der Waals surface area contributed by atoms with Crippen LogP contribution in [0.4, 0.5) is 52.7 Å². The van der Waals surface area contributed by atoms with Crippen LogP contribution >= 0.6 is 45.8 Å². The summed E-state index contributed by atoms with van der Waals surface area (Å²) in [6.45, 7) is 0. The molecule has 1 nitrogen and oxygen atoms in total. The maximum atomic E-state index is 13.5. The van der Waals surface area contributed by atoms with Crippen molar-refractivity contribution < 1.29 is 57.4 Å². The zero-order chi connectivity index (χ0) is 19.3. The summed E-state index contributed by atoms with van der Waals surface area (Å²) < 4.78 is 149. The van der Waals surface area contributed by atoms with Crippen molar-refractivity contribution in [1.82, 2.24) is 0 Å². The van der Waals surface area contributed by atoms with E-state index >= 15 is 0 Å². The summed E-state index contributed by atoms with van der Waals surface area (Å²) in [7, 11) is 0. The SMILES string of the molecule is FC(C(F)(F)I)C(F)(C(F)(F)F)C(F)(F)OC(F)(Cl)C(F)(F)Cl. The maximum Gasteiger partial charge on any atom is 0.434 e. The first kappa shape index (κ1) is 23.4. The molecule has 0 aromatic rings. The van der Waals surface area contributed by atoms with Crippen LogP contribution < -0.4 is 0 Å². The highest BCUT2D eigenvalue weighted by Gasteiger charge is 2.82. The topological polar surface area (TPSA) is 9.23 Å². The Labute approximate surface area is 142 Å². The second-order valence-electron chi connectivity index (χ2n) is 3.75. The third-order valence-electron chi connectivity index (χ3n) is 2.06. The maximum absolute atomic E-state index is 13.5. The van der Waals surface area contributed by atoms with E-state index < -0.39 is 61.3 Å². The van der Waals surface area contributed by atoms with E-state index in [1.165, 1.54) is 0 Å². The van der Waals surface area contributed by atoms with Crippen molar-refractivity contribution in [1.29, 1.82) is 0 Å². The molecule has 0 amide bonds. The van der Waals surface area contributed by atoms with Crippen LogP contribution in [0.5, 0.6) is 0 Å². The molecule has 0 heterocycles. The molecule has 0 fully saturated rings. The third-order valence-corrected chi connectivity index (χ3v) is 3.26. The summed E-state index contributed by atoms with van der Waals surface area (Å²) in [4.78, 5) is 0. The van der Waals surface area contributed by atoms with Gasteiger partial charge in [-0.2, -0.15) is 43.9 Å². The highest BCUT2D eigenvalue weighted by atomic mass is 127. The molecule has 0 bridgehead atoms. The minimum absolute atomic E-state index is 0.477. The Morgan fingerprint density at radius 2 is 1.13 bits per heavy atom. The Balaban J connectivity index is 6.13. The van der Waals surface area contributed by atoms with Crippen molar-refractivity contribution in [3.8, 4) is 0 Å². The van der Waals surface area contributed by atoms with Crippen LogP contribution in [0.1, 0.15) is 0 Å². The molecule has 0 radical (unpaired) electrons. The second kappa shape index (κ2) is 6.30. The van der Waals surface area contributed by atoms with Crippen molar-refractivity contribution in [2.75, 3.05) is 0 Å². The van der Waals surface area contributed by atoms with Gasteiger partial charge in [-0.3, -0.25) is 4.74 Å². The smallest absolute Gasteiger partial charge is 0.260 e. The molecule has 3 atom stereocenters. The Kier molecular flexibility index (Phi) is 6.42. The number of hydrogen-bond donors (Lipinski definition) is 0. The summed E-state index contributed by atoms with van der Waals surface area (Å²) in [6, 6.07) is 0. The van der Waals surface area contributed by atoms with Gasteiger partial charge in [0.05, 0.1) is 0 Å². The van der Waals surface area contributed by atoms with Crippen LogP contribution in [0.25, 0.3) is 0 Å². The third kappa shape index (κ3) is 4.54. The fourth-order valence-electron chi connectivity index (χ4n) is 0.975. The molecule has 0 rings (SSSR count). The lowest BCUT2D eigenvalue weighted by molar-refractivity contribution is -0.436. The van der Waals surface area contributed by atoms with Crippen LogP contribution in [-0.2, 0) is 4.74 Å². The van der Waals surface area contributed by atoms with E-state index in [2.05, 4.69) is 27.9 Å². The van der Waals surface area contributed by atoms with E-state index in [4.69, 9.17) is 0 Å². The van der Waals surface area contributed by atoms with Crippen molar-refractivity contribution >= 4 is 45.8 Å². The zero-order valence-corrected chi connectivity index (χ0v) is 13.3. The molecule has 0 aromatic heterocycles. The molecule has 0 N–H and O–H groups in total. The van der Waals surface area contributed by atoms with E-state index in [1.807, 2.05) is 0 Å². The van der Waals surface area contributed by atoms with Crippen LogP contribution in [-0.4, -0.2) is 38.8 Å². The van der Waals surface area contributed by atoms with E-state index in [1.54, 1.807) is 0 Å². The normalized spacial score (nSPS) is 21.5. The molecular weight excluding hydrogens is 526 g/mol. The van der Waals surface area contributed by atoms with Gasteiger partial charge in [-0.05, 0) is 23.2 Å². The summed E-state index contributed by atoms with van der Waals surface area (Å²) in [6.07, 6.45) is -19.5. The van der Waals surface area contributed by atoms with Gasteiger partial charge in [-0.15, -0.1) is 0 Å². The van der Waals surface area contributed by atoms with Crippen LogP contribution in [0.15, 0.2) is 0 Å². The molecular formula is C7HCl2F12IO. The number of rotatable bonds is 6. The summed E-state index contributed by atoms with van der Waals surface area (Å²) in [5.41, 5.74) is -6.95. The van der Waals surface area contributed by atoms with Gasteiger partial charge in [0, 0.05) is 22.6 Å². The number of hydrogen-bond acceptors (Lipinski definition) is 1. The number of halogens is 15. The molecule has 0 aromatic carbocycles. The monoisotopic (exact) mass is 526 g/mol. The first-order valence-electron chi connectivity index (χ1n) is 4.60. The van der Waals surface area contributed by atoms with Gasteiger partial charge < -0.3 is 0 Å².